The highest BCUT2D eigenvalue weighted by molar-refractivity contribution is 7.98. The van der Waals surface area contributed by atoms with Gasteiger partial charge in [0, 0.05) is 36.6 Å². The van der Waals surface area contributed by atoms with Crippen molar-refractivity contribution < 1.29 is 14.3 Å². The molecule has 3 aromatic rings. The van der Waals surface area contributed by atoms with Crippen molar-refractivity contribution in [3.05, 3.63) is 48.0 Å². The molecular weight excluding hydrogens is 418 g/mol. The Morgan fingerprint density at radius 2 is 2.10 bits per heavy atom. The number of carbonyl (C=O) groups excluding carboxylic acids is 1. The van der Waals surface area contributed by atoms with Crippen LogP contribution in [0.25, 0.3) is 10.2 Å². The van der Waals surface area contributed by atoms with Gasteiger partial charge in [0.1, 0.15) is 5.75 Å². The Balaban J connectivity index is 1.64. The van der Waals surface area contributed by atoms with Gasteiger partial charge in [-0.15, -0.1) is 11.8 Å². The van der Waals surface area contributed by atoms with Crippen molar-refractivity contribution >= 4 is 44.4 Å². The molecule has 1 aromatic heterocycles. The lowest BCUT2D eigenvalue weighted by Gasteiger charge is -2.29. The van der Waals surface area contributed by atoms with Crippen LogP contribution in [-0.2, 0) is 4.74 Å². The summed E-state index contributed by atoms with van der Waals surface area (Å²) in [6, 6.07) is 13.5. The summed E-state index contributed by atoms with van der Waals surface area (Å²) in [6.07, 6.45) is 2.06. The predicted molar refractivity (Wildman–Crippen MR) is 123 cm³/mol. The van der Waals surface area contributed by atoms with Gasteiger partial charge in [0.15, 0.2) is 5.13 Å². The zero-order valence-electron chi connectivity index (χ0n) is 17.2. The van der Waals surface area contributed by atoms with Crippen molar-refractivity contribution in [3.63, 3.8) is 0 Å². The predicted octanol–water partition coefficient (Wildman–Crippen LogP) is 4.01. The summed E-state index contributed by atoms with van der Waals surface area (Å²) in [5.74, 6) is 0.606. The Kier molecular flexibility index (Phi) is 6.89. The van der Waals surface area contributed by atoms with Gasteiger partial charge in [0.05, 0.1) is 30.5 Å². The van der Waals surface area contributed by atoms with Gasteiger partial charge < -0.3 is 9.47 Å². The maximum Gasteiger partial charge on any atom is 0.260 e. The van der Waals surface area contributed by atoms with Gasteiger partial charge in [0.25, 0.3) is 5.91 Å². The van der Waals surface area contributed by atoms with Crippen LogP contribution in [0.5, 0.6) is 5.75 Å². The highest BCUT2D eigenvalue weighted by Gasteiger charge is 2.23. The largest absolute Gasteiger partial charge is 0.497 e. The van der Waals surface area contributed by atoms with Gasteiger partial charge in [-0.1, -0.05) is 17.4 Å². The van der Waals surface area contributed by atoms with Crippen LogP contribution >= 0.6 is 23.1 Å². The summed E-state index contributed by atoms with van der Waals surface area (Å²) in [7, 11) is 1.61. The minimum Gasteiger partial charge on any atom is -0.497 e. The van der Waals surface area contributed by atoms with Crippen molar-refractivity contribution in [2.45, 2.75) is 4.90 Å². The first-order chi connectivity index (χ1) is 14.7. The summed E-state index contributed by atoms with van der Waals surface area (Å²) >= 11 is 3.26. The van der Waals surface area contributed by atoms with E-state index in [4.69, 9.17) is 14.5 Å². The average Bonchev–Trinajstić information content (AvgIpc) is 3.22. The van der Waals surface area contributed by atoms with Gasteiger partial charge in [-0.3, -0.25) is 14.6 Å². The Morgan fingerprint density at radius 1 is 1.27 bits per heavy atom. The molecule has 2 aromatic carbocycles. The molecular formula is C22H25N3O3S2. The van der Waals surface area contributed by atoms with Gasteiger partial charge in [-0.05, 0) is 42.7 Å². The molecule has 0 atom stereocenters. The van der Waals surface area contributed by atoms with Crippen molar-refractivity contribution in [2.24, 2.45) is 0 Å². The molecule has 0 bridgehead atoms. The maximum absolute atomic E-state index is 13.5. The number of nitrogens with zero attached hydrogens (tertiary/aromatic N) is 3. The molecule has 1 fully saturated rings. The first-order valence-corrected chi connectivity index (χ1v) is 11.9. The number of morpholine rings is 1. The number of carbonyl (C=O) groups is 1. The molecule has 30 heavy (non-hydrogen) atoms. The number of thioether (sulfide) groups is 1. The number of aromatic nitrogens is 1. The van der Waals surface area contributed by atoms with E-state index in [1.165, 1.54) is 4.90 Å². The SMILES string of the molecule is COc1cccc(C(=O)N(CCN2CCOCC2)c2nc3ccc(SC)cc3s2)c1. The minimum absolute atomic E-state index is 0.0636. The number of fused-ring (bicyclic) bond motifs is 1. The third-order valence-corrected chi connectivity index (χ3v) is 6.89. The molecule has 2 heterocycles. The molecule has 1 saturated heterocycles. The number of thiazole rings is 1. The third-order valence-electron chi connectivity index (χ3n) is 5.12. The first-order valence-electron chi connectivity index (χ1n) is 9.88. The Morgan fingerprint density at radius 3 is 2.87 bits per heavy atom. The Labute approximate surface area is 184 Å². The molecule has 0 N–H and O–H groups in total. The monoisotopic (exact) mass is 443 g/mol. The van der Waals surface area contributed by atoms with Gasteiger partial charge in [-0.2, -0.15) is 0 Å². The normalized spacial score (nSPS) is 14.7. The minimum atomic E-state index is -0.0636. The van der Waals surface area contributed by atoms with E-state index in [2.05, 4.69) is 23.3 Å². The van der Waals surface area contributed by atoms with Crippen LogP contribution in [-0.4, -0.2) is 68.5 Å². The van der Waals surface area contributed by atoms with Crippen LogP contribution in [0.1, 0.15) is 10.4 Å². The highest BCUT2D eigenvalue weighted by Crippen LogP contribution is 2.32. The number of benzene rings is 2. The van der Waals surface area contributed by atoms with E-state index in [0.717, 1.165) is 48.2 Å². The molecule has 6 nitrogen and oxygen atoms in total. The van der Waals surface area contributed by atoms with Crippen molar-refractivity contribution in [1.82, 2.24) is 9.88 Å². The average molecular weight is 444 g/mol. The number of rotatable bonds is 7. The summed E-state index contributed by atoms with van der Waals surface area (Å²) in [6.45, 7) is 4.61. The molecule has 4 rings (SSSR count). The van der Waals surface area contributed by atoms with Crippen molar-refractivity contribution in [3.8, 4) is 5.75 Å². The summed E-state index contributed by atoms with van der Waals surface area (Å²) < 4.78 is 11.8. The standard InChI is InChI=1S/C22H25N3O3S2/c1-27-17-5-3-4-16(14-17)21(26)25(9-8-24-10-12-28-13-11-24)22-23-19-7-6-18(29-2)15-20(19)30-22/h3-7,14-15H,8-13H2,1-2H3. The maximum atomic E-state index is 13.5. The van der Waals surface area contributed by atoms with E-state index in [1.807, 2.05) is 24.3 Å². The molecule has 8 heteroatoms. The lowest BCUT2D eigenvalue weighted by molar-refractivity contribution is 0.0391. The van der Waals surface area contributed by atoms with E-state index in [1.54, 1.807) is 41.2 Å². The van der Waals surface area contributed by atoms with Gasteiger partial charge in [-0.25, -0.2) is 4.98 Å². The lowest BCUT2D eigenvalue weighted by atomic mass is 10.2. The molecule has 1 amide bonds. The number of methoxy groups -OCH3 is 1. The number of anilines is 1. The van der Waals surface area contributed by atoms with Gasteiger partial charge in [0.2, 0.25) is 0 Å². The fourth-order valence-electron chi connectivity index (χ4n) is 3.40. The zero-order valence-corrected chi connectivity index (χ0v) is 18.8. The topological polar surface area (TPSA) is 54.9 Å². The van der Waals surface area contributed by atoms with Crippen LogP contribution in [0, 0.1) is 0 Å². The number of ether oxygens (including phenoxy) is 2. The molecule has 158 valence electrons. The lowest BCUT2D eigenvalue weighted by Crippen LogP contribution is -2.43. The Hall–Kier alpha value is -2.13. The molecule has 1 aliphatic heterocycles. The summed E-state index contributed by atoms with van der Waals surface area (Å²) in [4.78, 5) is 23.6. The molecule has 1 aliphatic rings. The molecule has 0 unspecified atom stereocenters. The number of amides is 1. The molecule has 0 aliphatic carbocycles. The Bertz CT molecular complexity index is 1020. The zero-order chi connectivity index (χ0) is 20.9. The van der Waals surface area contributed by atoms with Crippen LogP contribution in [0.2, 0.25) is 0 Å². The number of hydrogen-bond acceptors (Lipinski definition) is 7. The second kappa shape index (κ2) is 9.78. The number of hydrogen-bond donors (Lipinski definition) is 0. The second-order valence-corrected chi connectivity index (χ2v) is 8.86. The third kappa shape index (κ3) is 4.78. The molecule has 0 radical (unpaired) electrons. The van der Waals surface area contributed by atoms with Crippen molar-refractivity contribution in [1.29, 1.82) is 0 Å². The summed E-state index contributed by atoms with van der Waals surface area (Å²) in [5.41, 5.74) is 1.52. The fourth-order valence-corrected chi connectivity index (χ4v) is 4.94. The van der Waals surface area contributed by atoms with E-state index in [9.17, 15) is 4.79 Å². The van der Waals surface area contributed by atoms with Gasteiger partial charge >= 0.3 is 0 Å². The van der Waals surface area contributed by atoms with Crippen LogP contribution in [0.3, 0.4) is 0 Å². The fraction of sp³-hybridized carbons (Fsp3) is 0.364. The summed E-state index contributed by atoms with van der Waals surface area (Å²) in [5, 5.41) is 0.726. The van der Waals surface area contributed by atoms with E-state index >= 15 is 0 Å². The second-order valence-electron chi connectivity index (χ2n) is 6.97. The van der Waals surface area contributed by atoms with E-state index in [0.29, 0.717) is 17.9 Å². The van der Waals surface area contributed by atoms with Crippen LogP contribution in [0.4, 0.5) is 5.13 Å². The smallest absolute Gasteiger partial charge is 0.260 e. The molecule has 0 saturated carbocycles. The van der Waals surface area contributed by atoms with E-state index < -0.39 is 0 Å². The quantitative estimate of drug-likeness (QED) is 0.515. The molecule has 0 spiro atoms. The van der Waals surface area contributed by atoms with Crippen LogP contribution in [0.15, 0.2) is 47.4 Å². The van der Waals surface area contributed by atoms with E-state index in [-0.39, 0.29) is 5.91 Å². The van der Waals surface area contributed by atoms with Crippen molar-refractivity contribution in [2.75, 3.05) is 57.7 Å². The first kappa shape index (κ1) is 21.1. The van der Waals surface area contributed by atoms with Crippen LogP contribution < -0.4 is 9.64 Å². The highest BCUT2D eigenvalue weighted by atomic mass is 32.2.